The average Bonchev–Trinajstić information content (AvgIpc) is 3.43. The zero-order valence-corrected chi connectivity index (χ0v) is 16.1. The summed E-state index contributed by atoms with van der Waals surface area (Å²) in [4.78, 5) is 27.5. The van der Waals surface area contributed by atoms with E-state index < -0.39 is 0 Å². The molecule has 6 heteroatoms. The average molecular weight is 375 g/mol. The van der Waals surface area contributed by atoms with Crippen LogP contribution in [-0.4, -0.2) is 40.0 Å². The first kappa shape index (κ1) is 17.2. The number of aromatic amines is 1. The van der Waals surface area contributed by atoms with Crippen LogP contribution in [0.1, 0.15) is 53.3 Å². The van der Waals surface area contributed by atoms with Crippen LogP contribution in [0, 0.1) is 6.92 Å². The van der Waals surface area contributed by atoms with Crippen LogP contribution in [0.25, 0.3) is 11.0 Å². The second-order valence-corrected chi connectivity index (χ2v) is 8.00. The molecule has 0 atom stereocenters. The van der Waals surface area contributed by atoms with Crippen LogP contribution in [0.3, 0.4) is 0 Å². The van der Waals surface area contributed by atoms with Gasteiger partial charge in [0.25, 0.3) is 5.91 Å². The Morgan fingerprint density at radius 2 is 2.00 bits per heavy atom. The molecule has 1 aliphatic heterocycles. The number of para-hydroxylation sites is 1. The van der Waals surface area contributed by atoms with E-state index in [4.69, 9.17) is 4.98 Å². The smallest absolute Gasteiger partial charge is 0.251 e. The van der Waals surface area contributed by atoms with Crippen molar-refractivity contribution in [2.45, 2.75) is 44.6 Å². The van der Waals surface area contributed by atoms with Gasteiger partial charge in [-0.25, -0.2) is 9.97 Å². The summed E-state index contributed by atoms with van der Waals surface area (Å²) in [6, 6.07) is 10.4. The molecule has 1 aromatic carbocycles. The highest BCUT2D eigenvalue weighted by molar-refractivity contribution is 5.95. The van der Waals surface area contributed by atoms with Crippen molar-refractivity contribution in [2.75, 3.05) is 18.0 Å². The lowest BCUT2D eigenvalue weighted by atomic mass is 9.96. The van der Waals surface area contributed by atoms with Gasteiger partial charge in [0.2, 0.25) is 0 Å². The van der Waals surface area contributed by atoms with Gasteiger partial charge < -0.3 is 15.2 Å². The molecule has 2 fully saturated rings. The maximum atomic E-state index is 12.3. The zero-order valence-electron chi connectivity index (χ0n) is 16.1. The Morgan fingerprint density at radius 1 is 1.18 bits per heavy atom. The topological polar surface area (TPSA) is 73.9 Å². The number of amides is 1. The van der Waals surface area contributed by atoms with Crippen LogP contribution in [0.4, 0.5) is 5.82 Å². The number of piperidine rings is 1. The summed E-state index contributed by atoms with van der Waals surface area (Å²) < 4.78 is 0. The number of imidazole rings is 1. The highest BCUT2D eigenvalue weighted by Gasteiger charge is 2.26. The molecule has 1 amide bonds. The number of carbonyl (C=O) groups is 1. The summed E-state index contributed by atoms with van der Waals surface area (Å²) >= 11 is 0. The lowest BCUT2D eigenvalue weighted by Crippen LogP contribution is -2.34. The number of nitrogens with zero attached hydrogens (tertiary/aromatic N) is 3. The summed E-state index contributed by atoms with van der Waals surface area (Å²) in [5.74, 6) is 2.43. The first-order chi connectivity index (χ1) is 13.7. The standard InChI is InChI=1S/C22H25N5O/c1-14-3-2-4-18-20(14)26-21(25-18)15-8-11-27(12-9-15)19-13-16(7-10-23-19)22(28)24-17-5-6-17/h2-4,7,10,13,15,17H,5-6,8-9,11-12H2,1H3,(H,24,28)(H,25,26). The predicted octanol–water partition coefficient (Wildman–Crippen LogP) is 3.54. The number of carbonyl (C=O) groups excluding carboxylic acids is 1. The third-order valence-corrected chi connectivity index (χ3v) is 5.86. The third kappa shape index (κ3) is 3.35. The minimum atomic E-state index is 0.0127. The molecule has 144 valence electrons. The molecule has 5 rings (SSSR count). The molecular formula is C22H25N5O. The molecule has 6 nitrogen and oxygen atoms in total. The highest BCUT2D eigenvalue weighted by atomic mass is 16.1. The number of aromatic nitrogens is 3. The second kappa shape index (κ2) is 6.93. The van der Waals surface area contributed by atoms with Gasteiger partial charge in [0.15, 0.2) is 0 Å². The normalized spacial score (nSPS) is 17.8. The van der Waals surface area contributed by atoms with E-state index >= 15 is 0 Å². The van der Waals surface area contributed by atoms with Gasteiger partial charge >= 0.3 is 0 Å². The van der Waals surface area contributed by atoms with Gasteiger partial charge in [-0.05, 0) is 56.4 Å². The van der Waals surface area contributed by atoms with Crippen molar-refractivity contribution in [2.24, 2.45) is 0 Å². The van der Waals surface area contributed by atoms with E-state index in [9.17, 15) is 4.79 Å². The van der Waals surface area contributed by atoms with Gasteiger partial charge in [-0.15, -0.1) is 0 Å². The fraction of sp³-hybridized carbons (Fsp3) is 0.409. The largest absolute Gasteiger partial charge is 0.357 e. The molecule has 0 unspecified atom stereocenters. The van der Waals surface area contributed by atoms with Gasteiger partial charge in [-0.3, -0.25) is 4.79 Å². The molecular weight excluding hydrogens is 350 g/mol. The van der Waals surface area contributed by atoms with E-state index in [2.05, 4.69) is 45.3 Å². The Bertz CT molecular complexity index is 1010. The summed E-state index contributed by atoms with van der Waals surface area (Å²) in [7, 11) is 0. The molecule has 3 aromatic rings. The monoisotopic (exact) mass is 375 g/mol. The van der Waals surface area contributed by atoms with E-state index in [-0.39, 0.29) is 5.91 Å². The maximum Gasteiger partial charge on any atom is 0.251 e. The SMILES string of the molecule is Cc1cccc2[nH]c(C3CCN(c4cc(C(=O)NC5CC5)ccn4)CC3)nc12. The molecule has 1 aliphatic carbocycles. The van der Waals surface area contributed by atoms with Crippen molar-refractivity contribution in [1.29, 1.82) is 0 Å². The molecule has 0 bridgehead atoms. The van der Waals surface area contributed by atoms with Crippen LogP contribution in [-0.2, 0) is 0 Å². The fourth-order valence-corrected chi connectivity index (χ4v) is 4.00. The van der Waals surface area contributed by atoms with E-state index in [1.807, 2.05) is 6.07 Å². The van der Waals surface area contributed by atoms with Crippen molar-refractivity contribution < 1.29 is 4.79 Å². The highest BCUT2D eigenvalue weighted by Crippen LogP contribution is 2.30. The van der Waals surface area contributed by atoms with Crippen LogP contribution in [0.2, 0.25) is 0 Å². The lowest BCUT2D eigenvalue weighted by Gasteiger charge is -2.32. The predicted molar refractivity (Wildman–Crippen MR) is 110 cm³/mol. The molecule has 1 saturated carbocycles. The van der Waals surface area contributed by atoms with Crippen molar-refractivity contribution in [3.8, 4) is 0 Å². The van der Waals surface area contributed by atoms with Gasteiger partial charge in [0, 0.05) is 36.8 Å². The Kier molecular flexibility index (Phi) is 4.26. The summed E-state index contributed by atoms with van der Waals surface area (Å²) in [6.07, 6.45) is 5.99. The number of aryl methyl sites for hydroxylation is 1. The first-order valence-electron chi connectivity index (χ1n) is 10.1. The van der Waals surface area contributed by atoms with E-state index in [1.54, 1.807) is 12.3 Å². The Balaban J connectivity index is 1.27. The quantitative estimate of drug-likeness (QED) is 0.731. The number of hydrogen-bond donors (Lipinski definition) is 2. The molecule has 3 heterocycles. The van der Waals surface area contributed by atoms with Gasteiger partial charge in [-0.1, -0.05) is 12.1 Å². The van der Waals surface area contributed by atoms with E-state index in [0.29, 0.717) is 17.5 Å². The Labute approximate surface area is 164 Å². The van der Waals surface area contributed by atoms with Gasteiger partial charge in [-0.2, -0.15) is 0 Å². The molecule has 2 aliphatic rings. The van der Waals surface area contributed by atoms with E-state index in [1.165, 1.54) is 5.56 Å². The van der Waals surface area contributed by atoms with Crippen molar-refractivity contribution in [1.82, 2.24) is 20.3 Å². The molecule has 28 heavy (non-hydrogen) atoms. The maximum absolute atomic E-state index is 12.3. The summed E-state index contributed by atoms with van der Waals surface area (Å²) in [6.45, 7) is 3.94. The second-order valence-electron chi connectivity index (χ2n) is 8.00. The molecule has 1 saturated heterocycles. The number of nitrogens with one attached hydrogen (secondary N) is 2. The van der Waals surface area contributed by atoms with Crippen molar-refractivity contribution in [3.63, 3.8) is 0 Å². The molecule has 2 N–H and O–H groups in total. The zero-order chi connectivity index (χ0) is 19.1. The number of H-pyrrole nitrogens is 1. The number of hydrogen-bond acceptors (Lipinski definition) is 4. The number of rotatable bonds is 4. The summed E-state index contributed by atoms with van der Waals surface area (Å²) in [5, 5.41) is 3.05. The van der Waals surface area contributed by atoms with Crippen LogP contribution >= 0.6 is 0 Å². The third-order valence-electron chi connectivity index (χ3n) is 5.86. The number of anilines is 1. The van der Waals surface area contributed by atoms with Crippen LogP contribution in [0.15, 0.2) is 36.5 Å². The van der Waals surface area contributed by atoms with Crippen LogP contribution < -0.4 is 10.2 Å². The van der Waals surface area contributed by atoms with Crippen molar-refractivity contribution in [3.05, 3.63) is 53.5 Å². The van der Waals surface area contributed by atoms with Crippen LogP contribution in [0.5, 0.6) is 0 Å². The van der Waals surface area contributed by atoms with Crippen molar-refractivity contribution >= 4 is 22.8 Å². The van der Waals surface area contributed by atoms with E-state index in [0.717, 1.165) is 61.4 Å². The number of pyridine rings is 1. The molecule has 2 aromatic heterocycles. The Hall–Kier alpha value is -2.89. The minimum absolute atomic E-state index is 0.0127. The first-order valence-corrected chi connectivity index (χ1v) is 10.1. The van der Waals surface area contributed by atoms with Gasteiger partial charge in [0.1, 0.15) is 11.6 Å². The fourth-order valence-electron chi connectivity index (χ4n) is 4.00. The molecule has 0 radical (unpaired) electrons. The Morgan fingerprint density at radius 3 is 2.75 bits per heavy atom. The number of benzene rings is 1. The van der Waals surface area contributed by atoms with Gasteiger partial charge in [0.05, 0.1) is 11.0 Å². The molecule has 0 spiro atoms. The lowest BCUT2D eigenvalue weighted by molar-refractivity contribution is 0.0951. The summed E-state index contributed by atoms with van der Waals surface area (Å²) in [5.41, 5.74) is 4.11. The minimum Gasteiger partial charge on any atom is -0.357 e. The number of fused-ring (bicyclic) bond motifs is 1.